The van der Waals surface area contributed by atoms with E-state index in [9.17, 15) is 4.39 Å². The van der Waals surface area contributed by atoms with Crippen LogP contribution in [0.4, 0.5) is 4.39 Å². The number of halogens is 1. The predicted molar refractivity (Wildman–Crippen MR) is 70.0 cm³/mol. The maximum atomic E-state index is 14.0. The van der Waals surface area contributed by atoms with Gasteiger partial charge in [-0.25, -0.2) is 9.37 Å². The third-order valence-electron chi connectivity index (χ3n) is 3.75. The van der Waals surface area contributed by atoms with Gasteiger partial charge in [-0.3, -0.25) is 0 Å². The van der Waals surface area contributed by atoms with Crippen molar-refractivity contribution in [2.45, 2.75) is 39.2 Å². The van der Waals surface area contributed by atoms with Gasteiger partial charge in [0.15, 0.2) is 0 Å². The van der Waals surface area contributed by atoms with Crippen molar-refractivity contribution in [1.29, 1.82) is 0 Å². The molecule has 0 aliphatic carbocycles. The molecule has 2 nitrogen and oxygen atoms in total. The molecule has 1 aromatic heterocycles. The fraction of sp³-hybridized carbons (Fsp3) is 0.400. The van der Waals surface area contributed by atoms with Gasteiger partial charge in [0, 0.05) is 18.0 Å². The van der Waals surface area contributed by atoms with Crippen molar-refractivity contribution in [2.75, 3.05) is 0 Å². The highest BCUT2D eigenvalue weighted by Gasteiger charge is 2.24. The molecule has 1 unspecified atom stereocenters. The lowest BCUT2D eigenvalue weighted by Crippen LogP contribution is -2.16. The van der Waals surface area contributed by atoms with E-state index in [1.807, 2.05) is 19.1 Å². The van der Waals surface area contributed by atoms with Gasteiger partial charge in [0.2, 0.25) is 0 Å². The van der Waals surface area contributed by atoms with Gasteiger partial charge in [0.05, 0.1) is 11.4 Å². The van der Waals surface area contributed by atoms with Gasteiger partial charge in [-0.05, 0) is 38.8 Å². The first kappa shape index (κ1) is 11.5. The summed E-state index contributed by atoms with van der Waals surface area (Å²) in [5, 5.41) is 0. The zero-order valence-electron chi connectivity index (χ0n) is 10.8. The van der Waals surface area contributed by atoms with Crippen LogP contribution in [0.1, 0.15) is 37.3 Å². The Kier molecular flexibility index (Phi) is 2.69. The van der Waals surface area contributed by atoms with E-state index < -0.39 is 0 Å². The number of nitrogens with zero attached hydrogens (tertiary/aromatic N) is 2. The monoisotopic (exact) mass is 244 g/mol. The first-order valence-electron chi connectivity index (χ1n) is 6.51. The highest BCUT2D eigenvalue weighted by Crippen LogP contribution is 2.34. The predicted octanol–water partition coefficient (Wildman–Crippen LogP) is 3.89. The van der Waals surface area contributed by atoms with Crippen molar-refractivity contribution in [3.63, 3.8) is 0 Å². The normalized spacial score (nSPS) is 18.7. The molecule has 0 amide bonds. The van der Waals surface area contributed by atoms with E-state index >= 15 is 0 Å². The Bertz CT molecular complexity index is 586. The van der Waals surface area contributed by atoms with Crippen molar-refractivity contribution in [1.82, 2.24) is 9.55 Å². The number of hydrogen-bond donors (Lipinski definition) is 0. The van der Waals surface area contributed by atoms with Crippen LogP contribution in [0.15, 0.2) is 24.3 Å². The van der Waals surface area contributed by atoms with Crippen molar-refractivity contribution in [3.05, 3.63) is 41.6 Å². The van der Waals surface area contributed by atoms with Crippen LogP contribution in [0.5, 0.6) is 0 Å². The van der Waals surface area contributed by atoms with Gasteiger partial charge >= 0.3 is 0 Å². The van der Waals surface area contributed by atoms with Gasteiger partial charge in [-0.1, -0.05) is 12.1 Å². The Hall–Kier alpha value is -1.64. The minimum Gasteiger partial charge on any atom is -0.325 e. The number of imidazole rings is 1. The van der Waals surface area contributed by atoms with E-state index in [1.165, 1.54) is 12.5 Å². The van der Waals surface area contributed by atoms with Crippen LogP contribution < -0.4 is 0 Å². The molecule has 2 aromatic rings. The lowest BCUT2D eigenvalue weighted by atomic mass is 10.0. The van der Waals surface area contributed by atoms with E-state index in [4.69, 9.17) is 0 Å². The second kappa shape index (κ2) is 4.23. The molecule has 0 radical (unpaired) electrons. The molecule has 0 fully saturated rings. The largest absolute Gasteiger partial charge is 0.325 e. The molecule has 3 heteroatoms. The first-order chi connectivity index (χ1) is 8.68. The van der Waals surface area contributed by atoms with Gasteiger partial charge in [-0.2, -0.15) is 0 Å². The average Bonchev–Trinajstić information content (AvgIpc) is 2.68. The molecule has 18 heavy (non-hydrogen) atoms. The Morgan fingerprint density at radius 2 is 2.11 bits per heavy atom. The summed E-state index contributed by atoms with van der Waals surface area (Å²) in [5.74, 6) is 0.936. The zero-order valence-corrected chi connectivity index (χ0v) is 10.8. The molecule has 0 spiro atoms. The third kappa shape index (κ3) is 1.65. The molecule has 1 aliphatic rings. The summed E-state index contributed by atoms with van der Waals surface area (Å²) >= 11 is 0. The molecular formula is C15H17FN2. The van der Waals surface area contributed by atoms with Gasteiger partial charge in [-0.15, -0.1) is 0 Å². The van der Waals surface area contributed by atoms with Crippen LogP contribution in [0.25, 0.3) is 11.3 Å². The van der Waals surface area contributed by atoms with Crippen LogP contribution in [-0.4, -0.2) is 9.55 Å². The van der Waals surface area contributed by atoms with Crippen LogP contribution in [-0.2, 0) is 6.42 Å². The summed E-state index contributed by atoms with van der Waals surface area (Å²) < 4.78 is 16.2. The number of aryl methyl sites for hydroxylation is 2. The fourth-order valence-electron chi connectivity index (χ4n) is 2.92. The highest BCUT2D eigenvalue weighted by atomic mass is 19.1. The molecular weight excluding hydrogens is 227 g/mol. The molecule has 1 aliphatic heterocycles. The van der Waals surface area contributed by atoms with Gasteiger partial charge in [0.1, 0.15) is 11.6 Å². The maximum absolute atomic E-state index is 14.0. The fourth-order valence-corrected chi connectivity index (χ4v) is 2.92. The summed E-state index contributed by atoms with van der Waals surface area (Å²) in [7, 11) is 0. The Morgan fingerprint density at radius 3 is 2.89 bits per heavy atom. The number of benzene rings is 1. The molecule has 0 saturated carbocycles. The second-order valence-electron chi connectivity index (χ2n) is 5.05. The minimum absolute atomic E-state index is 0.166. The van der Waals surface area contributed by atoms with E-state index in [0.717, 1.165) is 30.1 Å². The van der Waals surface area contributed by atoms with Crippen molar-refractivity contribution >= 4 is 0 Å². The number of fused-ring (bicyclic) bond motifs is 1. The molecule has 94 valence electrons. The second-order valence-corrected chi connectivity index (χ2v) is 5.05. The van der Waals surface area contributed by atoms with E-state index in [1.54, 1.807) is 6.07 Å². The number of aromatic nitrogens is 2. The lowest BCUT2D eigenvalue weighted by molar-refractivity contribution is 0.428. The molecule has 2 heterocycles. The summed E-state index contributed by atoms with van der Waals surface area (Å²) in [4.78, 5) is 4.62. The summed E-state index contributed by atoms with van der Waals surface area (Å²) in [6.07, 6.45) is 3.32. The smallest absolute Gasteiger partial charge is 0.132 e. The number of hydrogen-bond acceptors (Lipinski definition) is 1. The van der Waals surface area contributed by atoms with Crippen LogP contribution in [0.2, 0.25) is 0 Å². The highest BCUT2D eigenvalue weighted by molar-refractivity contribution is 5.64. The minimum atomic E-state index is -0.166. The molecule has 1 atom stereocenters. The van der Waals surface area contributed by atoms with Gasteiger partial charge < -0.3 is 4.57 Å². The van der Waals surface area contributed by atoms with Crippen LogP contribution in [0.3, 0.4) is 0 Å². The Balaban J connectivity index is 2.24. The quantitative estimate of drug-likeness (QED) is 0.744. The summed E-state index contributed by atoms with van der Waals surface area (Å²) in [5.41, 5.74) is 2.56. The van der Waals surface area contributed by atoms with Crippen LogP contribution >= 0.6 is 0 Å². The molecule has 0 bridgehead atoms. The maximum Gasteiger partial charge on any atom is 0.132 e. The average molecular weight is 244 g/mol. The topological polar surface area (TPSA) is 17.8 Å². The zero-order chi connectivity index (χ0) is 12.7. The first-order valence-corrected chi connectivity index (χ1v) is 6.51. The summed E-state index contributed by atoms with van der Waals surface area (Å²) in [6.45, 7) is 4.16. The van der Waals surface area contributed by atoms with E-state index in [0.29, 0.717) is 11.6 Å². The van der Waals surface area contributed by atoms with E-state index in [2.05, 4.69) is 16.5 Å². The number of rotatable bonds is 1. The third-order valence-corrected chi connectivity index (χ3v) is 3.75. The van der Waals surface area contributed by atoms with Gasteiger partial charge in [0.25, 0.3) is 0 Å². The van der Waals surface area contributed by atoms with Crippen molar-refractivity contribution in [3.8, 4) is 11.3 Å². The molecule has 3 rings (SSSR count). The van der Waals surface area contributed by atoms with E-state index in [-0.39, 0.29) is 5.82 Å². The van der Waals surface area contributed by atoms with Crippen LogP contribution in [0, 0.1) is 12.7 Å². The Labute approximate surface area is 106 Å². The molecule has 0 N–H and O–H groups in total. The standard InChI is InChI=1S/C15H17FN2/c1-10-6-5-9-14-17-11(2)15(18(10)14)12-7-3-4-8-13(12)16/h3-4,7-8,10H,5-6,9H2,1-2H3. The SMILES string of the molecule is Cc1nc2n(c1-c1ccccc1F)C(C)CCC2. The summed E-state index contributed by atoms with van der Waals surface area (Å²) in [6, 6.07) is 7.37. The van der Waals surface area contributed by atoms with Crippen molar-refractivity contribution < 1.29 is 4.39 Å². The Morgan fingerprint density at radius 1 is 1.33 bits per heavy atom. The van der Waals surface area contributed by atoms with Crippen molar-refractivity contribution in [2.24, 2.45) is 0 Å². The molecule has 0 saturated heterocycles. The molecule has 1 aromatic carbocycles. The lowest BCUT2D eigenvalue weighted by Gasteiger charge is -2.24.